The third-order valence-corrected chi connectivity index (χ3v) is 6.24. The summed E-state index contributed by atoms with van der Waals surface area (Å²) >= 11 is 12.0. The van der Waals surface area contributed by atoms with Gasteiger partial charge in [-0.1, -0.05) is 29.8 Å². The number of rotatable bonds is 5. The largest absolute Gasteiger partial charge is 0.467 e. The van der Waals surface area contributed by atoms with Crippen molar-refractivity contribution in [1.29, 1.82) is 0 Å². The molecule has 3 aromatic heterocycles. The van der Waals surface area contributed by atoms with E-state index in [0.717, 1.165) is 34.1 Å². The summed E-state index contributed by atoms with van der Waals surface area (Å²) < 4.78 is 11.9. The summed E-state index contributed by atoms with van der Waals surface area (Å²) in [6.45, 7) is 2.51. The van der Waals surface area contributed by atoms with Crippen molar-refractivity contribution in [2.24, 2.45) is 0 Å². The van der Waals surface area contributed by atoms with Crippen LogP contribution in [0.1, 0.15) is 34.9 Å². The molecular weight excluding hydrogens is 430 g/mol. The molecule has 1 aromatic carbocycles. The van der Waals surface area contributed by atoms with Crippen molar-refractivity contribution in [3.05, 3.63) is 101 Å². The predicted molar refractivity (Wildman–Crippen MR) is 124 cm³/mol. The van der Waals surface area contributed by atoms with Gasteiger partial charge >= 0.3 is 0 Å². The molecule has 0 bridgehead atoms. The number of hydrogen-bond acceptors (Lipinski definition) is 4. The first-order valence-electron chi connectivity index (χ1n) is 9.97. The van der Waals surface area contributed by atoms with Gasteiger partial charge in [-0.15, -0.1) is 0 Å². The summed E-state index contributed by atoms with van der Waals surface area (Å²) in [4.78, 5) is 6.64. The van der Waals surface area contributed by atoms with E-state index in [2.05, 4.69) is 15.2 Å². The Labute approximate surface area is 190 Å². The maximum Gasteiger partial charge on any atom is 0.170 e. The quantitative estimate of drug-likeness (QED) is 0.373. The predicted octanol–water partition coefficient (Wildman–Crippen LogP) is 6.07. The van der Waals surface area contributed by atoms with Gasteiger partial charge in [-0.3, -0.25) is 4.98 Å². The van der Waals surface area contributed by atoms with E-state index in [4.69, 9.17) is 32.7 Å². The number of halogens is 1. The molecule has 0 amide bonds. The van der Waals surface area contributed by atoms with E-state index in [-0.39, 0.29) is 12.1 Å². The van der Waals surface area contributed by atoms with Gasteiger partial charge in [0, 0.05) is 16.8 Å². The molecule has 1 N–H and O–H groups in total. The lowest BCUT2D eigenvalue weighted by Crippen LogP contribution is -2.28. The monoisotopic (exact) mass is 449 g/mol. The molecule has 5 rings (SSSR count). The molecule has 2 atom stereocenters. The van der Waals surface area contributed by atoms with Crippen molar-refractivity contribution in [2.45, 2.75) is 25.6 Å². The van der Waals surface area contributed by atoms with Crippen LogP contribution < -0.4 is 5.32 Å². The van der Waals surface area contributed by atoms with Crippen molar-refractivity contribution in [3.8, 4) is 11.3 Å². The number of nitrogens with zero attached hydrogens (tertiary/aromatic N) is 2. The third-order valence-electron chi connectivity index (χ3n) is 5.48. The summed E-state index contributed by atoms with van der Waals surface area (Å²) in [6.07, 6.45) is 3.45. The molecule has 1 aliphatic heterocycles. The number of aryl methyl sites for hydroxylation is 1. The van der Waals surface area contributed by atoms with Gasteiger partial charge in [-0.05, 0) is 67.2 Å². The lowest BCUT2D eigenvalue weighted by atomic mass is 10.0. The standard InChI is InChI=1S/C24H20ClN3O2S/c1-15-7-8-16(13-18(15)25)20-9-10-21(30-20)23-22(19-6-2-3-11-26-19)27-24(31)28(23)14-17-5-4-12-29-17/h2-13,22-23H,14H2,1H3,(H,27,31)/t22-,23+/m1/s1. The van der Waals surface area contributed by atoms with Crippen LogP contribution in [0, 0.1) is 6.92 Å². The zero-order valence-corrected chi connectivity index (χ0v) is 18.4. The highest BCUT2D eigenvalue weighted by Crippen LogP contribution is 2.41. The Morgan fingerprint density at radius 2 is 2.03 bits per heavy atom. The summed E-state index contributed by atoms with van der Waals surface area (Å²) in [5, 5.41) is 4.76. The van der Waals surface area contributed by atoms with E-state index < -0.39 is 0 Å². The van der Waals surface area contributed by atoms with Crippen molar-refractivity contribution >= 4 is 28.9 Å². The van der Waals surface area contributed by atoms with Gasteiger partial charge in [0.2, 0.25) is 0 Å². The van der Waals surface area contributed by atoms with E-state index in [1.54, 1.807) is 12.5 Å². The summed E-state index contributed by atoms with van der Waals surface area (Å²) in [7, 11) is 0. The Morgan fingerprint density at radius 1 is 1.13 bits per heavy atom. The van der Waals surface area contributed by atoms with Gasteiger partial charge in [0.15, 0.2) is 5.11 Å². The zero-order valence-electron chi connectivity index (χ0n) is 16.8. The molecule has 0 saturated carbocycles. The Morgan fingerprint density at radius 3 is 2.77 bits per heavy atom. The first kappa shape index (κ1) is 19.8. The van der Waals surface area contributed by atoms with Crippen LogP contribution in [-0.4, -0.2) is 15.0 Å². The van der Waals surface area contributed by atoms with Gasteiger partial charge in [0.05, 0.1) is 24.5 Å². The lowest BCUT2D eigenvalue weighted by Gasteiger charge is -2.25. The SMILES string of the molecule is Cc1ccc(-c2ccc([C@H]3[C@@H](c4ccccn4)NC(=S)N3Cc3ccco3)o2)cc1Cl. The number of benzene rings is 1. The minimum Gasteiger partial charge on any atom is -0.467 e. The Balaban J connectivity index is 1.54. The first-order chi connectivity index (χ1) is 15.1. The van der Waals surface area contributed by atoms with E-state index >= 15 is 0 Å². The maximum absolute atomic E-state index is 6.34. The maximum atomic E-state index is 6.34. The topological polar surface area (TPSA) is 54.4 Å². The van der Waals surface area contributed by atoms with Crippen molar-refractivity contribution in [3.63, 3.8) is 0 Å². The molecule has 0 spiro atoms. The van der Waals surface area contributed by atoms with Crippen LogP contribution in [-0.2, 0) is 6.54 Å². The normalized spacial score (nSPS) is 18.4. The molecule has 31 heavy (non-hydrogen) atoms. The van der Waals surface area contributed by atoms with Crippen LogP contribution in [0.2, 0.25) is 5.02 Å². The Kier molecular flexibility index (Phi) is 5.26. The van der Waals surface area contributed by atoms with E-state index in [0.29, 0.717) is 16.7 Å². The summed E-state index contributed by atoms with van der Waals surface area (Å²) in [5.41, 5.74) is 2.86. The fraction of sp³-hybridized carbons (Fsp3) is 0.167. The highest BCUT2D eigenvalue weighted by atomic mass is 35.5. The number of hydrogen-bond donors (Lipinski definition) is 1. The highest BCUT2D eigenvalue weighted by Gasteiger charge is 2.42. The average molecular weight is 450 g/mol. The van der Waals surface area contributed by atoms with Crippen LogP contribution in [0.3, 0.4) is 0 Å². The fourth-order valence-electron chi connectivity index (χ4n) is 3.87. The van der Waals surface area contributed by atoms with Gasteiger partial charge in [-0.2, -0.15) is 0 Å². The highest BCUT2D eigenvalue weighted by molar-refractivity contribution is 7.80. The third kappa shape index (κ3) is 3.84. The fourth-order valence-corrected chi connectivity index (χ4v) is 4.35. The summed E-state index contributed by atoms with van der Waals surface area (Å²) in [5.74, 6) is 2.38. The van der Waals surface area contributed by atoms with Crippen LogP contribution in [0.15, 0.2) is 82.0 Å². The van der Waals surface area contributed by atoms with E-state index in [1.807, 2.05) is 67.6 Å². The molecule has 5 nitrogen and oxygen atoms in total. The van der Waals surface area contributed by atoms with Gasteiger partial charge in [-0.25, -0.2) is 0 Å². The molecule has 156 valence electrons. The number of nitrogens with one attached hydrogen (secondary N) is 1. The molecular formula is C24H20ClN3O2S. The molecule has 1 saturated heterocycles. The molecule has 7 heteroatoms. The van der Waals surface area contributed by atoms with Crippen LogP contribution in [0.4, 0.5) is 0 Å². The molecule has 0 aliphatic carbocycles. The molecule has 1 aliphatic rings. The number of thiocarbonyl (C=S) groups is 1. The Hall–Kier alpha value is -3.09. The second-order valence-electron chi connectivity index (χ2n) is 7.50. The zero-order chi connectivity index (χ0) is 21.4. The van der Waals surface area contributed by atoms with E-state index in [1.165, 1.54) is 0 Å². The average Bonchev–Trinajstić information content (AvgIpc) is 3.52. The number of aromatic nitrogens is 1. The molecule has 1 fully saturated rings. The summed E-state index contributed by atoms with van der Waals surface area (Å²) in [6, 6.07) is 19.2. The van der Waals surface area contributed by atoms with Crippen LogP contribution in [0.25, 0.3) is 11.3 Å². The number of furan rings is 2. The van der Waals surface area contributed by atoms with Crippen LogP contribution >= 0.6 is 23.8 Å². The lowest BCUT2D eigenvalue weighted by molar-refractivity contribution is 0.253. The van der Waals surface area contributed by atoms with Gasteiger partial charge in [0.1, 0.15) is 23.3 Å². The minimum atomic E-state index is -0.179. The second-order valence-corrected chi connectivity index (χ2v) is 8.29. The molecule has 4 aromatic rings. The smallest absolute Gasteiger partial charge is 0.170 e. The molecule has 4 heterocycles. The van der Waals surface area contributed by atoms with Crippen LogP contribution in [0.5, 0.6) is 0 Å². The first-order valence-corrected chi connectivity index (χ1v) is 10.8. The number of pyridine rings is 1. The second kappa shape index (κ2) is 8.21. The van der Waals surface area contributed by atoms with Crippen molar-refractivity contribution < 1.29 is 8.83 Å². The molecule has 0 unspecified atom stereocenters. The van der Waals surface area contributed by atoms with Crippen molar-refractivity contribution in [2.75, 3.05) is 0 Å². The Bertz CT molecular complexity index is 1210. The van der Waals surface area contributed by atoms with Crippen molar-refractivity contribution in [1.82, 2.24) is 15.2 Å². The van der Waals surface area contributed by atoms with Gasteiger partial charge in [0.25, 0.3) is 0 Å². The minimum absolute atomic E-state index is 0.149. The van der Waals surface area contributed by atoms with E-state index in [9.17, 15) is 0 Å². The van der Waals surface area contributed by atoms with Gasteiger partial charge < -0.3 is 19.1 Å². The molecule has 0 radical (unpaired) electrons.